The van der Waals surface area contributed by atoms with E-state index in [1.807, 2.05) is 6.07 Å². The summed E-state index contributed by atoms with van der Waals surface area (Å²) in [6.07, 6.45) is 3.40. The second kappa shape index (κ2) is 10.4. The predicted molar refractivity (Wildman–Crippen MR) is 147 cm³/mol. The first kappa shape index (κ1) is 27.0. The topological polar surface area (TPSA) is 158 Å². The summed E-state index contributed by atoms with van der Waals surface area (Å²) in [5, 5.41) is 18.0. The number of hydrogen-bond acceptors (Lipinski definition) is 10. The third-order valence-corrected chi connectivity index (χ3v) is 8.84. The van der Waals surface area contributed by atoms with Gasteiger partial charge in [-0.1, -0.05) is 0 Å². The molecule has 4 aliphatic heterocycles. The summed E-state index contributed by atoms with van der Waals surface area (Å²) < 4.78 is 26.1. The molecule has 1 aromatic carbocycles. The Labute approximate surface area is 240 Å². The van der Waals surface area contributed by atoms with E-state index < -0.39 is 23.8 Å². The molecule has 0 saturated carbocycles. The van der Waals surface area contributed by atoms with Crippen LogP contribution in [0.15, 0.2) is 18.3 Å². The van der Waals surface area contributed by atoms with E-state index in [2.05, 4.69) is 30.8 Å². The van der Waals surface area contributed by atoms with Gasteiger partial charge >= 0.3 is 6.09 Å². The normalized spacial score (nSPS) is 26.4. The van der Waals surface area contributed by atoms with Crippen molar-refractivity contribution in [3.63, 3.8) is 0 Å². The molecule has 5 aliphatic rings. The highest BCUT2D eigenvalue weighted by atomic mass is 19.1. The summed E-state index contributed by atoms with van der Waals surface area (Å²) in [5.41, 5.74) is 1.42. The number of hydrogen-bond donors (Lipinski definition) is 4. The van der Waals surface area contributed by atoms with Crippen LogP contribution in [-0.4, -0.2) is 95.0 Å². The number of anilines is 3. The summed E-state index contributed by atoms with van der Waals surface area (Å²) >= 11 is 0. The summed E-state index contributed by atoms with van der Waals surface area (Å²) in [5.74, 6) is 0.0205. The van der Waals surface area contributed by atoms with E-state index in [-0.39, 0.29) is 41.9 Å². The highest BCUT2D eigenvalue weighted by Gasteiger charge is 2.48. The monoisotopic (exact) mass is 581 g/mol. The zero-order chi connectivity index (χ0) is 29.0. The summed E-state index contributed by atoms with van der Waals surface area (Å²) in [6, 6.07) is 2.75. The number of aromatic nitrogens is 2. The van der Waals surface area contributed by atoms with E-state index in [0.717, 1.165) is 31.6 Å². The lowest BCUT2D eigenvalue weighted by Crippen LogP contribution is -2.48. The Morgan fingerprint density at radius 2 is 2.07 bits per heavy atom. The minimum atomic E-state index is -0.632. The molecule has 1 aromatic heterocycles. The van der Waals surface area contributed by atoms with Gasteiger partial charge in [-0.2, -0.15) is 0 Å². The highest BCUT2D eigenvalue weighted by Crippen LogP contribution is 2.38. The van der Waals surface area contributed by atoms with E-state index in [1.165, 1.54) is 17.2 Å². The molecule has 7 rings (SSSR count). The van der Waals surface area contributed by atoms with E-state index >= 15 is 4.39 Å². The van der Waals surface area contributed by atoms with Crippen LogP contribution in [0.1, 0.15) is 30.4 Å². The lowest BCUT2D eigenvalue weighted by Gasteiger charge is -2.38. The quantitative estimate of drug-likeness (QED) is 0.398. The first-order valence-electron chi connectivity index (χ1n) is 14.3. The van der Waals surface area contributed by atoms with Gasteiger partial charge in [-0.25, -0.2) is 19.2 Å². The van der Waals surface area contributed by atoms with E-state index in [0.29, 0.717) is 55.8 Å². The minimum Gasteiger partial charge on any atom is -0.465 e. The van der Waals surface area contributed by atoms with Crippen molar-refractivity contribution in [2.45, 2.75) is 49.9 Å². The van der Waals surface area contributed by atoms with Crippen LogP contribution < -0.4 is 25.6 Å². The van der Waals surface area contributed by atoms with Gasteiger partial charge < -0.3 is 35.4 Å². The van der Waals surface area contributed by atoms with Gasteiger partial charge in [0, 0.05) is 44.7 Å². The Balaban J connectivity index is 0.938. The van der Waals surface area contributed by atoms with Crippen molar-refractivity contribution in [1.29, 1.82) is 0 Å². The number of nitrogens with zero attached hydrogens (tertiary/aromatic N) is 4. The zero-order valence-electron chi connectivity index (χ0n) is 22.9. The van der Waals surface area contributed by atoms with Gasteiger partial charge in [0.2, 0.25) is 5.91 Å². The molecule has 1 aliphatic carbocycles. The largest absolute Gasteiger partial charge is 0.465 e. The third kappa shape index (κ3) is 5.14. The molecule has 3 amide bonds. The maximum absolute atomic E-state index is 15.0. The molecule has 4 N–H and O–H groups in total. The maximum atomic E-state index is 15.0. The number of carbonyl (C=O) groups excluding carboxylic acids is 3. The first-order chi connectivity index (χ1) is 20.2. The molecule has 1 spiro atoms. The van der Waals surface area contributed by atoms with Crippen molar-refractivity contribution in [2.24, 2.45) is 5.92 Å². The molecule has 3 atom stereocenters. The molecular weight excluding hydrogens is 549 g/mol. The lowest BCUT2D eigenvalue weighted by molar-refractivity contribution is -0.119. The molecule has 3 fully saturated rings. The molecule has 222 valence electrons. The first-order valence-corrected chi connectivity index (χ1v) is 14.3. The molecule has 42 heavy (non-hydrogen) atoms. The van der Waals surface area contributed by atoms with E-state index in [1.54, 1.807) is 0 Å². The van der Waals surface area contributed by atoms with Gasteiger partial charge in [0.05, 0.1) is 24.9 Å². The summed E-state index contributed by atoms with van der Waals surface area (Å²) in [7, 11) is 0. The molecule has 2 aromatic rings. The van der Waals surface area contributed by atoms with Crippen LogP contribution in [0.5, 0.6) is 5.88 Å². The maximum Gasteiger partial charge on any atom is 0.416 e. The van der Waals surface area contributed by atoms with Gasteiger partial charge in [-0.3, -0.25) is 14.5 Å². The fourth-order valence-electron chi connectivity index (χ4n) is 6.68. The highest BCUT2D eigenvalue weighted by molar-refractivity contribution is 5.95. The van der Waals surface area contributed by atoms with Gasteiger partial charge in [0.1, 0.15) is 11.4 Å². The number of nitrogens with one attached hydrogen (secondary N) is 3. The Hall–Kier alpha value is -3.88. The average molecular weight is 582 g/mol. The number of halogens is 1. The van der Waals surface area contributed by atoms with Crippen molar-refractivity contribution in [1.82, 2.24) is 20.2 Å². The Morgan fingerprint density at radius 3 is 2.86 bits per heavy atom. The van der Waals surface area contributed by atoms with Crippen LogP contribution in [0, 0.1) is 11.7 Å². The van der Waals surface area contributed by atoms with Crippen LogP contribution in [0.3, 0.4) is 0 Å². The van der Waals surface area contributed by atoms with Crippen LogP contribution in [0.2, 0.25) is 0 Å². The molecule has 0 radical (unpaired) electrons. The van der Waals surface area contributed by atoms with Crippen LogP contribution >= 0.6 is 0 Å². The Morgan fingerprint density at radius 1 is 1.24 bits per heavy atom. The molecule has 3 unspecified atom stereocenters. The van der Waals surface area contributed by atoms with E-state index in [9.17, 15) is 19.5 Å². The number of ether oxygens (including phenoxy) is 2. The van der Waals surface area contributed by atoms with Crippen molar-refractivity contribution < 1.29 is 33.4 Å². The number of rotatable bonds is 5. The summed E-state index contributed by atoms with van der Waals surface area (Å²) in [6.45, 7) is 2.85. The fourth-order valence-corrected chi connectivity index (χ4v) is 6.68. The number of benzene rings is 1. The number of amides is 3. The standard InChI is InChI=1S/C28H32FN7O6/c29-20-8-17(32-25(39)21-9-18(37)10-30-21)7-16-5-15(6-19(16)20)12-35-3-1-28(2-4-35)14-36(27(40)42-28)22-11-31-26-24(33-22)34-23(38)13-41-26/h7-8,11,15,18,21,30,37H,1-6,9-10,12-14H2,(H,32,39)(H,33,34,38). The molecule has 5 heterocycles. The number of piperidine rings is 1. The van der Waals surface area contributed by atoms with Gasteiger partial charge in [-0.05, 0) is 48.4 Å². The van der Waals surface area contributed by atoms with E-state index in [4.69, 9.17) is 9.47 Å². The molecule has 13 nitrogen and oxygen atoms in total. The Kier molecular flexibility index (Phi) is 6.71. The zero-order valence-corrected chi connectivity index (χ0v) is 22.9. The summed E-state index contributed by atoms with van der Waals surface area (Å²) in [4.78, 5) is 49.3. The van der Waals surface area contributed by atoms with Crippen molar-refractivity contribution in [3.05, 3.63) is 35.3 Å². The van der Waals surface area contributed by atoms with Gasteiger partial charge in [0.15, 0.2) is 18.2 Å². The van der Waals surface area contributed by atoms with Crippen molar-refractivity contribution >= 4 is 35.2 Å². The third-order valence-electron chi connectivity index (χ3n) is 8.84. The average Bonchev–Trinajstić information content (AvgIpc) is 3.67. The predicted octanol–water partition coefficient (Wildman–Crippen LogP) is 0.814. The number of aliphatic hydroxyl groups is 1. The van der Waals surface area contributed by atoms with Crippen LogP contribution in [0.25, 0.3) is 0 Å². The minimum absolute atomic E-state index is 0.127. The smallest absolute Gasteiger partial charge is 0.416 e. The SMILES string of the molecule is O=C1COc2ncc(N3CC4(CCN(CC5Cc6cc(NC(=O)C7CC(O)CN7)cc(F)c6C5)CC4)OC3=O)nc2N1. The van der Waals surface area contributed by atoms with Gasteiger partial charge in [0.25, 0.3) is 11.8 Å². The second-order valence-corrected chi connectivity index (χ2v) is 11.9. The number of likely N-dealkylation sites (tertiary alicyclic amines) is 1. The number of β-amino-alcohol motifs (C(OH)–C–C–N with tert-alkyl or cyclic N) is 1. The fraction of sp³-hybridized carbons (Fsp3) is 0.536. The van der Waals surface area contributed by atoms with Crippen molar-refractivity contribution in [3.8, 4) is 5.88 Å². The molecule has 0 bridgehead atoms. The van der Waals surface area contributed by atoms with Crippen LogP contribution in [-0.2, 0) is 27.2 Å². The van der Waals surface area contributed by atoms with Gasteiger partial charge in [-0.15, -0.1) is 0 Å². The van der Waals surface area contributed by atoms with Crippen LogP contribution in [0.4, 0.5) is 26.5 Å². The number of aliphatic hydroxyl groups excluding tert-OH is 1. The Bertz CT molecular complexity index is 1450. The number of fused-ring (bicyclic) bond motifs is 2. The number of carbonyl (C=O) groups is 3. The lowest BCUT2D eigenvalue weighted by atomic mass is 9.90. The molecule has 3 saturated heterocycles. The molecule has 14 heteroatoms. The second-order valence-electron chi connectivity index (χ2n) is 11.9. The van der Waals surface area contributed by atoms with Crippen molar-refractivity contribution in [2.75, 3.05) is 54.9 Å². The molecular formula is C28H32FN7O6.